The lowest BCUT2D eigenvalue weighted by Gasteiger charge is -2.22. The van der Waals surface area contributed by atoms with Crippen molar-refractivity contribution in [3.8, 4) is 0 Å². The molecule has 0 radical (unpaired) electrons. The molecular weight excluding hydrogens is 238 g/mol. The summed E-state index contributed by atoms with van der Waals surface area (Å²) in [4.78, 5) is 14.2. The quantitative estimate of drug-likeness (QED) is 0.474. The van der Waals surface area contributed by atoms with Gasteiger partial charge in [-0.25, -0.2) is 0 Å². The van der Waals surface area contributed by atoms with Gasteiger partial charge in [-0.2, -0.15) is 0 Å². The van der Waals surface area contributed by atoms with Crippen molar-refractivity contribution in [2.75, 3.05) is 26.3 Å². The fourth-order valence-electron chi connectivity index (χ4n) is 2.09. The Balaban J connectivity index is 3.94. The minimum absolute atomic E-state index is 0.312. The molecule has 0 saturated carbocycles. The summed E-state index contributed by atoms with van der Waals surface area (Å²) < 4.78 is 5.29. The zero-order valence-electron chi connectivity index (χ0n) is 13.2. The average molecular weight is 271 g/mol. The van der Waals surface area contributed by atoms with Gasteiger partial charge in [0, 0.05) is 32.7 Å². The first-order valence-corrected chi connectivity index (χ1v) is 8.11. The number of rotatable bonds is 13. The summed E-state index contributed by atoms with van der Waals surface area (Å²) in [7, 11) is 0. The van der Waals surface area contributed by atoms with Gasteiger partial charge in [-0.05, 0) is 26.2 Å². The number of ether oxygens (including phenoxy) is 1. The number of nitrogens with zero attached hydrogens (tertiary/aromatic N) is 1. The summed E-state index contributed by atoms with van der Waals surface area (Å²) >= 11 is 0. The molecule has 0 aliphatic carbocycles. The van der Waals surface area contributed by atoms with Crippen LogP contribution in [0.3, 0.4) is 0 Å². The molecule has 0 saturated heterocycles. The first-order chi connectivity index (χ1) is 9.26. The largest absolute Gasteiger partial charge is 0.382 e. The average Bonchev–Trinajstić information content (AvgIpc) is 2.42. The Morgan fingerprint density at radius 2 is 1.47 bits per heavy atom. The van der Waals surface area contributed by atoms with Gasteiger partial charge < -0.3 is 9.64 Å². The molecule has 0 N–H and O–H groups in total. The molecule has 0 spiro atoms. The second-order valence-corrected chi connectivity index (χ2v) is 5.10. The first kappa shape index (κ1) is 18.4. The fourth-order valence-corrected chi connectivity index (χ4v) is 2.09. The summed E-state index contributed by atoms with van der Waals surface area (Å²) in [5.74, 6) is 0.312. The zero-order valence-corrected chi connectivity index (χ0v) is 13.2. The molecule has 1 amide bonds. The van der Waals surface area contributed by atoms with Crippen molar-refractivity contribution in [2.45, 2.75) is 72.1 Å². The Morgan fingerprint density at radius 1 is 0.895 bits per heavy atom. The smallest absolute Gasteiger partial charge is 0.222 e. The van der Waals surface area contributed by atoms with Crippen molar-refractivity contribution in [1.29, 1.82) is 0 Å². The summed E-state index contributed by atoms with van der Waals surface area (Å²) in [6.45, 7) is 9.71. The molecule has 0 aliphatic rings. The predicted octanol–water partition coefficient (Wildman–Crippen LogP) is 4.01. The monoisotopic (exact) mass is 271 g/mol. The van der Waals surface area contributed by atoms with E-state index in [0.29, 0.717) is 18.9 Å². The van der Waals surface area contributed by atoms with Gasteiger partial charge in [0.2, 0.25) is 5.91 Å². The van der Waals surface area contributed by atoms with Crippen LogP contribution in [0.2, 0.25) is 0 Å². The van der Waals surface area contributed by atoms with Crippen molar-refractivity contribution in [2.24, 2.45) is 0 Å². The normalized spacial score (nSPS) is 10.7. The minimum atomic E-state index is 0.312. The third-order valence-electron chi connectivity index (χ3n) is 3.30. The summed E-state index contributed by atoms with van der Waals surface area (Å²) in [5, 5.41) is 0. The number of amides is 1. The molecule has 0 aromatic rings. The highest BCUT2D eigenvalue weighted by Crippen LogP contribution is 2.06. The Kier molecular flexibility index (Phi) is 13.4. The maximum absolute atomic E-state index is 12.2. The maximum atomic E-state index is 12.2. The lowest BCUT2D eigenvalue weighted by Crippen LogP contribution is -2.33. The summed E-state index contributed by atoms with van der Waals surface area (Å²) in [6.07, 6.45) is 8.62. The van der Waals surface area contributed by atoms with Crippen LogP contribution in [0.1, 0.15) is 72.1 Å². The molecule has 0 unspecified atom stereocenters. The molecule has 3 heteroatoms. The molecule has 114 valence electrons. The number of carbonyl (C=O) groups is 1. The second kappa shape index (κ2) is 13.9. The van der Waals surface area contributed by atoms with Gasteiger partial charge in [-0.15, -0.1) is 0 Å². The molecule has 3 nitrogen and oxygen atoms in total. The van der Waals surface area contributed by atoms with Gasteiger partial charge in [0.25, 0.3) is 0 Å². The van der Waals surface area contributed by atoms with E-state index in [1.54, 1.807) is 0 Å². The lowest BCUT2D eigenvalue weighted by atomic mass is 10.2. The van der Waals surface area contributed by atoms with Crippen LogP contribution in [0.4, 0.5) is 0 Å². The molecule has 0 aliphatic heterocycles. The van der Waals surface area contributed by atoms with Crippen LogP contribution < -0.4 is 0 Å². The van der Waals surface area contributed by atoms with Gasteiger partial charge in [0.1, 0.15) is 0 Å². The number of unbranched alkanes of at least 4 members (excludes halogenated alkanes) is 4. The Hall–Kier alpha value is -0.570. The zero-order chi connectivity index (χ0) is 14.3. The summed E-state index contributed by atoms with van der Waals surface area (Å²) in [6, 6.07) is 0. The van der Waals surface area contributed by atoms with E-state index in [9.17, 15) is 4.79 Å². The molecule has 0 aromatic carbocycles. The van der Waals surface area contributed by atoms with Gasteiger partial charge >= 0.3 is 0 Å². The molecule has 0 aromatic heterocycles. The van der Waals surface area contributed by atoms with Crippen LogP contribution in [-0.4, -0.2) is 37.1 Å². The van der Waals surface area contributed by atoms with Gasteiger partial charge in [-0.1, -0.05) is 39.5 Å². The van der Waals surface area contributed by atoms with Crippen LogP contribution >= 0.6 is 0 Å². The number of hydrogen-bond donors (Lipinski definition) is 0. The van der Waals surface area contributed by atoms with Crippen LogP contribution in [0.15, 0.2) is 0 Å². The Bertz CT molecular complexity index is 197. The molecule has 0 fully saturated rings. The van der Waals surface area contributed by atoms with Crippen molar-refractivity contribution < 1.29 is 9.53 Å². The highest BCUT2D eigenvalue weighted by molar-refractivity contribution is 5.76. The SMILES string of the molecule is CCCCCN(CCCCC)C(=O)CCCOCC. The molecule has 0 rings (SSSR count). The van der Waals surface area contributed by atoms with Crippen molar-refractivity contribution in [1.82, 2.24) is 4.90 Å². The summed E-state index contributed by atoms with van der Waals surface area (Å²) in [5.41, 5.74) is 0. The maximum Gasteiger partial charge on any atom is 0.222 e. The Labute approximate surface area is 119 Å². The first-order valence-electron chi connectivity index (χ1n) is 8.11. The highest BCUT2D eigenvalue weighted by atomic mass is 16.5. The van der Waals surface area contributed by atoms with Gasteiger partial charge in [0.15, 0.2) is 0 Å². The van der Waals surface area contributed by atoms with E-state index in [0.717, 1.165) is 39.0 Å². The van der Waals surface area contributed by atoms with Crippen LogP contribution in [-0.2, 0) is 9.53 Å². The topological polar surface area (TPSA) is 29.5 Å². The molecular formula is C16H33NO2. The number of carbonyl (C=O) groups excluding carboxylic acids is 1. The molecule has 19 heavy (non-hydrogen) atoms. The second-order valence-electron chi connectivity index (χ2n) is 5.10. The van der Waals surface area contributed by atoms with E-state index in [1.807, 2.05) is 6.92 Å². The van der Waals surface area contributed by atoms with E-state index in [2.05, 4.69) is 18.7 Å². The standard InChI is InChI=1S/C16H33NO2/c1-4-7-9-13-17(14-10-8-5-2)16(18)12-11-15-19-6-3/h4-15H2,1-3H3. The Morgan fingerprint density at radius 3 is 1.95 bits per heavy atom. The van der Waals surface area contributed by atoms with Crippen molar-refractivity contribution in [3.63, 3.8) is 0 Å². The fraction of sp³-hybridized carbons (Fsp3) is 0.938. The third kappa shape index (κ3) is 11.0. The van der Waals surface area contributed by atoms with Crippen molar-refractivity contribution >= 4 is 5.91 Å². The highest BCUT2D eigenvalue weighted by Gasteiger charge is 2.12. The van der Waals surface area contributed by atoms with Crippen LogP contribution in [0.25, 0.3) is 0 Å². The van der Waals surface area contributed by atoms with E-state index in [1.165, 1.54) is 25.7 Å². The van der Waals surface area contributed by atoms with Gasteiger partial charge in [-0.3, -0.25) is 4.79 Å². The van der Waals surface area contributed by atoms with E-state index in [4.69, 9.17) is 4.74 Å². The molecule has 0 heterocycles. The number of hydrogen-bond acceptors (Lipinski definition) is 2. The van der Waals surface area contributed by atoms with E-state index < -0.39 is 0 Å². The molecule has 0 bridgehead atoms. The molecule has 0 atom stereocenters. The van der Waals surface area contributed by atoms with E-state index in [-0.39, 0.29) is 0 Å². The minimum Gasteiger partial charge on any atom is -0.382 e. The van der Waals surface area contributed by atoms with Crippen molar-refractivity contribution in [3.05, 3.63) is 0 Å². The lowest BCUT2D eigenvalue weighted by molar-refractivity contribution is -0.131. The van der Waals surface area contributed by atoms with Crippen LogP contribution in [0.5, 0.6) is 0 Å². The predicted molar refractivity (Wildman–Crippen MR) is 81.4 cm³/mol. The van der Waals surface area contributed by atoms with Gasteiger partial charge in [0.05, 0.1) is 0 Å². The van der Waals surface area contributed by atoms with E-state index >= 15 is 0 Å². The van der Waals surface area contributed by atoms with Crippen LogP contribution in [0, 0.1) is 0 Å². The third-order valence-corrected chi connectivity index (χ3v) is 3.30.